The molecule has 0 bridgehead atoms. The highest BCUT2D eigenvalue weighted by atomic mass is 15.3. The van der Waals surface area contributed by atoms with Crippen LogP contribution < -0.4 is 15.5 Å². The van der Waals surface area contributed by atoms with Gasteiger partial charge < -0.3 is 15.5 Å². The van der Waals surface area contributed by atoms with Crippen molar-refractivity contribution in [2.24, 2.45) is 0 Å². The third-order valence-corrected chi connectivity index (χ3v) is 5.24. The molecule has 134 valence electrons. The lowest BCUT2D eigenvalue weighted by Crippen LogP contribution is -2.46. The molecule has 2 aromatic carbocycles. The average molecular weight is 338 g/mol. The summed E-state index contributed by atoms with van der Waals surface area (Å²) in [6.45, 7) is 13.1. The SMILES string of the molecule is CC(C)c1cc(N2CCN(c3ccccc3)CC2)cc(C(C)C)c1N. The second-order valence-corrected chi connectivity index (χ2v) is 7.66. The lowest BCUT2D eigenvalue weighted by molar-refractivity contribution is 0.652. The first-order valence-electron chi connectivity index (χ1n) is 9.45. The van der Waals surface area contributed by atoms with Gasteiger partial charge in [0.05, 0.1) is 0 Å². The molecular weight excluding hydrogens is 306 g/mol. The summed E-state index contributed by atoms with van der Waals surface area (Å²) in [6, 6.07) is 15.3. The Morgan fingerprint density at radius 2 is 1.16 bits per heavy atom. The van der Waals surface area contributed by atoms with E-state index in [1.807, 2.05) is 0 Å². The van der Waals surface area contributed by atoms with E-state index in [1.165, 1.54) is 22.5 Å². The predicted molar refractivity (Wildman–Crippen MR) is 110 cm³/mol. The number of piperazine rings is 1. The average Bonchev–Trinajstić information content (AvgIpc) is 2.62. The van der Waals surface area contributed by atoms with E-state index in [4.69, 9.17) is 5.73 Å². The molecule has 25 heavy (non-hydrogen) atoms. The zero-order valence-electron chi connectivity index (χ0n) is 16.0. The largest absolute Gasteiger partial charge is 0.398 e. The second kappa shape index (κ2) is 7.38. The van der Waals surface area contributed by atoms with Crippen LogP contribution in [0.4, 0.5) is 17.1 Å². The smallest absolute Gasteiger partial charge is 0.0385 e. The molecule has 1 aliphatic heterocycles. The van der Waals surface area contributed by atoms with Crippen molar-refractivity contribution in [3.63, 3.8) is 0 Å². The first kappa shape index (κ1) is 17.7. The van der Waals surface area contributed by atoms with Crippen LogP contribution in [0.25, 0.3) is 0 Å². The molecule has 0 radical (unpaired) electrons. The summed E-state index contributed by atoms with van der Waals surface area (Å²) in [6.07, 6.45) is 0. The molecule has 1 heterocycles. The Morgan fingerprint density at radius 1 is 0.720 bits per heavy atom. The summed E-state index contributed by atoms with van der Waals surface area (Å²) in [5.74, 6) is 0.895. The van der Waals surface area contributed by atoms with Crippen molar-refractivity contribution < 1.29 is 0 Å². The zero-order valence-corrected chi connectivity index (χ0v) is 16.0. The van der Waals surface area contributed by atoms with E-state index in [2.05, 4.69) is 80.0 Å². The van der Waals surface area contributed by atoms with Crippen LogP contribution in [-0.2, 0) is 0 Å². The maximum atomic E-state index is 6.45. The molecule has 3 heteroatoms. The summed E-state index contributed by atoms with van der Waals surface area (Å²) in [7, 11) is 0. The Hall–Kier alpha value is -2.16. The van der Waals surface area contributed by atoms with Gasteiger partial charge in [-0.2, -0.15) is 0 Å². The van der Waals surface area contributed by atoms with E-state index in [0.717, 1.165) is 31.9 Å². The quantitative estimate of drug-likeness (QED) is 0.810. The number of nitrogens with zero attached hydrogens (tertiary/aromatic N) is 2. The van der Waals surface area contributed by atoms with Crippen molar-refractivity contribution in [1.82, 2.24) is 0 Å². The maximum Gasteiger partial charge on any atom is 0.0385 e. The molecule has 0 amide bonds. The Balaban J connectivity index is 1.81. The van der Waals surface area contributed by atoms with Gasteiger partial charge in [-0.3, -0.25) is 0 Å². The van der Waals surface area contributed by atoms with E-state index in [0.29, 0.717) is 11.8 Å². The fraction of sp³-hybridized carbons (Fsp3) is 0.455. The molecule has 0 aliphatic carbocycles. The summed E-state index contributed by atoms with van der Waals surface area (Å²) < 4.78 is 0. The van der Waals surface area contributed by atoms with Crippen LogP contribution in [0.15, 0.2) is 42.5 Å². The second-order valence-electron chi connectivity index (χ2n) is 7.66. The first-order chi connectivity index (χ1) is 12.0. The fourth-order valence-electron chi connectivity index (χ4n) is 3.68. The molecule has 3 rings (SSSR count). The van der Waals surface area contributed by atoms with Crippen molar-refractivity contribution in [3.05, 3.63) is 53.6 Å². The maximum absolute atomic E-state index is 6.45. The van der Waals surface area contributed by atoms with Gasteiger partial charge in [-0.1, -0.05) is 45.9 Å². The number of nitrogen functional groups attached to an aromatic ring is 1. The van der Waals surface area contributed by atoms with Crippen molar-refractivity contribution in [2.75, 3.05) is 41.7 Å². The van der Waals surface area contributed by atoms with E-state index >= 15 is 0 Å². The minimum absolute atomic E-state index is 0.447. The number of hydrogen-bond donors (Lipinski definition) is 1. The molecule has 0 unspecified atom stereocenters. The highest BCUT2D eigenvalue weighted by Gasteiger charge is 2.20. The van der Waals surface area contributed by atoms with Crippen LogP contribution in [-0.4, -0.2) is 26.2 Å². The molecule has 0 saturated carbocycles. The van der Waals surface area contributed by atoms with Gasteiger partial charge in [0.25, 0.3) is 0 Å². The highest BCUT2D eigenvalue weighted by Crippen LogP contribution is 2.35. The normalized spacial score (nSPS) is 15.3. The molecule has 3 nitrogen and oxygen atoms in total. The van der Waals surface area contributed by atoms with Crippen LogP contribution in [0.5, 0.6) is 0 Å². The summed E-state index contributed by atoms with van der Waals surface area (Å²) in [4.78, 5) is 4.98. The molecule has 0 atom stereocenters. The molecule has 1 fully saturated rings. The van der Waals surface area contributed by atoms with Crippen LogP contribution in [0.3, 0.4) is 0 Å². The van der Waals surface area contributed by atoms with E-state index in [-0.39, 0.29) is 0 Å². The number of anilines is 3. The van der Waals surface area contributed by atoms with Crippen molar-refractivity contribution in [1.29, 1.82) is 0 Å². The van der Waals surface area contributed by atoms with Gasteiger partial charge in [0.15, 0.2) is 0 Å². The molecule has 1 saturated heterocycles. The van der Waals surface area contributed by atoms with Crippen molar-refractivity contribution >= 4 is 17.1 Å². The molecular formula is C22H31N3. The number of para-hydroxylation sites is 1. The lowest BCUT2D eigenvalue weighted by Gasteiger charge is -2.38. The van der Waals surface area contributed by atoms with E-state index in [9.17, 15) is 0 Å². The molecule has 0 spiro atoms. The van der Waals surface area contributed by atoms with Crippen LogP contribution in [0.1, 0.15) is 50.7 Å². The number of benzene rings is 2. The third kappa shape index (κ3) is 3.76. The van der Waals surface area contributed by atoms with Gasteiger partial charge in [0.1, 0.15) is 0 Å². The van der Waals surface area contributed by atoms with Gasteiger partial charge in [-0.25, -0.2) is 0 Å². The summed E-state index contributed by atoms with van der Waals surface area (Å²) in [5.41, 5.74) is 12.7. The Kier molecular flexibility index (Phi) is 5.22. The Labute approximate surface area is 152 Å². The zero-order chi connectivity index (χ0) is 18.0. The van der Waals surface area contributed by atoms with E-state index in [1.54, 1.807) is 0 Å². The molecule has 2 N–H and O–H groups in total. The van der Waals surface area contributed by atoms with E-state index < -0.39 is 0 Å². The van der Waals surface area contributed by atoms with Crippen molar-refractivity contribution in [2.45, 2.75) is 39.5 Å². The number of nitrogens with two attached hydrogens (primary N) is 1. The lowest BCUT2D eigenvalue weighted by atomic mass is 9.92. The standard InChI is InChI=1S/C22H31N3/c1-16(2)20-14-19(15-21(17(3)4)22(20)23)25-12-10-24(11-13-25)18-8-6-5-7-9-18/h5-9,14-17H,10-13,23H2,1-4H3. The minimum Gasteiger partial charge on any atom is -0.398 e. The topological polar surface area (TPSA) is 32.5 Å². The predicted octanol–water partition coefficient (Wildman–Crippen LogP) is 4.84. The number of hydrogen-bond acceptors (Lipinski definition) is 3. The monoisotopic (exact) mass is 337 g/mol. The van der Waals surface area contributed by atoms with Crippen LogP contribution in [0.2, 0.25) is 0 Å². The van der Waals surface area contributed by atoms with Gasteiger partial charge >= 0.3 is 0 Å². The molecule has 1 aliphatic rings. The van der Waals surface area contributed by atoms with Crippen LogP contribution >= 0.6 is 0 Å². The fourth-order valence-corrected chi connectivity index (χ4v) is 3.68. The Morgan fingerprint density at radius 3 is 1.60 bits per heavy atom. The van der Waals surface area contributed by atoms with Gasteiger partial charge in [-0.05, 0) is 47.2 Å². The number of rotatable bonds is 4. The third-order valence-electron chi connectivity index (χ3n) is 5.24. The van der Waals surface area contributed by atoms with Gasteiger partial charge in [-0.15, -0.1) is 0 Å². The Bertz CT molecular complexity index is 669. The molecule has 0 aromatic heterocycles. The highest BCUT2D eigenvalue weighted by molar-refractivity contribution is 5.66. The summed E-state index contributed by atoms with van der Waals surface area (Å²) >= 11 is 0. The van der Waals surface area contributed by atoms with Crippen molar-refractivity contribution in [3.8, 4) is 0 Å². The molecule has 2 aromatic rings. The van der Waals surface area contributed by atoms with Gasteiger partial charge in [0, 0.05) is 43.2 Å². The van der Waals surface area contributed by atoms with Crippen LogP contribution in [0, 0.1) is 0 Å². The first-order valence-corrected chi connectivity index (χ1v) is 9.45. The van der Waals surface area contributed by atoms with Gasteiger partial charge in [0.2, 0.25) is 0 Å². The minimum atomic E-state index is 0.447. The summed E-state index contributed by atoms with van der Waals surface area (Å²) in [5, 5.41) is 0.